The number of nitrogens with zero attached hydrogens (tertiary/aromatic N) is 2. The standard InChI is InChI=1S/C13H17N3O2/c1-9-6-10(8-17)7-15-13(9)16-5-3-2-4-11(16)12(14)18/h6-8,11H,2-5H2,1H3,(H2,14,18). The number of carbonyl (C=O) groups is 2. The Kier molecular flexibility index (Phi) is 3.60. The molecule has 1 unspecified atom stereocenters. The monoisotopic (exact) mass is 247 g/mol. The van der Waals surface area contributed by atoms with E-state index in [0.717, 1.165) is 43.5 Å². The van der Waals surface area contributed by atoms with Crippen LogP contribution in [0.25, 0.3) is 0 Å². The lowest BCUT2D eigenvalue weighted by molar-refractivity contribution is -0.119. The lowest BCUT2D eigenvalue weighted by Gasteiger charge is -2.35. The van der Waals surface area contributed by atoms with Crippen LogP contribution < -0.4 is 10.6 Å². The molecule has 0 spiro atoms. The summed E-state index contributed by atoms with van der Waals surface area (Å²) in [4.78, 5) is 28.4. The van der Waals surface area contributed by atoms with E-state index >= 15 is 0 Å². The number of hydrogen-bond acceptors (Lipinski definition) is 4. The lowest BCUT2D eigenvalue weighted by atomic mass is 10.0. The van der Waals surface area contributed by atoms with Gasteiger partial charge >= 0.3 is 0 Å². The predicted octanol–water partition coefficient (Wildman–Crippen LogP) is 1.05. The van der Waals surface area contributed by atoms with Crippen molar-refractivity contribution in [2.45, 2.75) is 32.2 Å². The van der Waals surface area contributed by atoms with E-state index in [1.54, 1.807) is 6.07 Å². The first kappa shape index (κ1) is 12.5. The topological polar surface area (TPSA) is 76.3 Å². The molecule has 5 heteroatoms. The molecule has 96 valence electrons. The van der Waals surface area contributed by atoms with Crippen LogP contribution in [-0.4, -0.2) is 29.8 Å². The van der Waals surface area contributed by atoms with Crippen molar-refractivity contribution in [3.63, 3.8) is 0 Å². The smallest absolute Gasteiger partial charge is 0.240 e. The summed E-state index contributed by atoms with van der Waals surface area (Å²) >= 11 is 0. The van der Waals surface area contributed by atoms with E-state index in [9.17, 15) is 9.59 Å². The van der Waals surface area contributed by atoms with Crippen molar-refractivity contribution in [2.75, 3.05) is 11.4 Å². The summed E-state index contributed by atoms with van der Waals surface area (Å²) in [6, 6.07) is 1.49. The molecular weight excluding hydrogens is 230 g/mol. The van der Waals surface area contributed by atoms with Gasteiger partial charge in [0.2, 0.25) is 5.91 Å². The first-order valence-corrected chi connectivity index (χ1v) is 6.11. The van der Waals surface area contributed by atoms with Crippen LogP contribution in [0.3, 0.4) is 0 Å². The molecular formula is C13H17N3O2. The molecule has 18 heavy (non-hydrogen) atoms. The molecule has 0 bridgehead atoms. The molecule has 0 aromatic carbocycles. The van der Waals surface area contributed by atoms with E-state index in [-0.39, 0.29) is 11.9 Å². The van der Waals surface area contributed by atoms with Crippen molar-refractivity contribution in [1.29, 1.82) is 0 Å². The molecule has 0 radical (unpaired) electrons. The quantitative estimate of drug-likeness (QED) is 0.810. The number of rotatable bonds is 3. The summed E-state index contributed by atoms with van der Waals surface area (Å²) in [5.41, 5.74) is 6.88. The van der Waals surface area contributed by atoms with Crippen LogP contribution in [-0.2, 0) is 4.79 Å². The van der Waals surface area contributed by atoms with Gasteiger partial charge in [0.1, 0.15) is 11.9 Å². The minimum atomic E-state index is -0.310. The van der Waals surface area contributed by atoms with Gasteiger partial charge in [0.05, 0.1) is 0 Å². The second-order valence-electron chi connectivity index (χ2n) is 4.63. The Bertz CT molecular complexity index is 473. The van der Waals surface area contributed by atoms with Crippen molar-refractivity contribution in [2.24, 2.45) is 5.73 Å². The van der Waals surface area contributed by atoms with Gasteiger partial charge < -0.3 is 10.6 Å². The zero-order valence-electron chi connectivity index (χ0n) is 10.4. The van der Waals surface area contributed by atoms with Gasteiger partial charge in [0.15, 0.2) is 6.29 Å². The number of aryl methyl sites for hydroxylation is 1. The summed E-state index contributed by atoms with van der Waals surface area (Å²) in [6.07, 6.45) is 5.11. The molecule has 1 saturated heterocycles. The molecule has 1 aromatic rings. The maximum atomic E-state index is 11.5. The molecule has 5 nitrogen and oxygen atoms in total. The summed E-state index contributed by atoms with van der Waals surface area (Å²) < 4.78 is 0. The summed E-state index contributed by atoms with van der Waals surface area (Å²) in [6.45, 7) is 2.67. The van der Waals surface area contributed by atoms with E-state index in [4.69, 9.17) is 5.73 Å². The molecule has 1 aromatic heterocycles. The van der Waals surface area contributed by atoms with Crippen LogP contribution in [0.1, 0.15) is 35.2 Å². The number of anilines is 1. The maximum absolute atomic E-state index is 11.5. The second-order valence-corrected chi connectivity index (χ2v) is 4.63. The molecule has 0 saturated carbocycles. The number of hydrogen-bond donors (Lipinski definition) is 1. The summed E-state index contributed by atoms with van der Waals surface area (Å²) in [7, 11) is 0. The number of carbonyl (C=O) groups excluding carboxylic acids is 2. The molecule has 0 aliphatic carbocycles. The van der Waals surface area contributed by atoms with Crippen molar-refractivity contribution in [3.8, 4) is 0 Å². The van der Waals surface area contributed by atoms with Crippen LogP contribution in [0.15, 0.2) is 12.3 Å². The fourth-order valence-electron chi connectivity index (χ4n) is 2.44. The molecule has 1 fully saturated rings. The van der Waals surface area contributed by atoms with E-state index in [1.165, 1.54) is 6.20 Å². The third-order valence-electron chi connectivity index (χ3n) is 3.31. The highest BCUT2D eigenvalue weighted by Gasteiger charge is 2.28. The molecule has 1 amide bonds. The van der Waals surface area contributed by atoms with Crippen molar-refractivity contribution in [3.05, 3.63) is 23.4 Å². The summed E-state index contributed by atoms with van der Waals surface area (Å²) in [5, 5.41) is 0. The Morgan fingerprint density at radius 2 is 2.33 bits per heavy atom. The fraction of sp³-hybridized carbons (Fsp3) is 0.462. The van der Waals surface area contributed by atoms with Gasteiger partial charge in [-0.2, -0.15) is 0 Å². The fourth-order valence-corrected chi connectivity index (χ4v) is 2.44. The average molecular weight is 247 g/mol. The zero-order valence-corrected chi connectivity index (χ0v) is 10.4. The van der Waals surface area contributed by atoms with E-state index < -0.39 is 0 Å². The number of nitrogens with two attached hydrogens (primary N) is 1. The first-order chi connectivity index (χ1) is 8.63. The van der Waals surface area contributed by atoms with Crippen LogP contribution >= 0.6 is 0 Å². The molecule has 2 rings (SSSR count). The predicted molar refractivity (Wildman–Crippen MR) is 68.5 cm³/mol. The number of piperidine rings is 1. The average Bonchev–Trinajstić information content (AvgIpc) is 2.38. The highest BCUT2D eigenvalue weighted by Crippen LogP contribution is 2.25. The summed E-state index contributed by atoms with van der Waals surface area (Å²) in [5.74, 6) is 0.444. The zero-order chi connectivity index (χ0) is 13.1. The largest absolute Gasteiger partial charge is 0.368 e. The Hall–Kier alpha value is -1.91. The van der Waals surface area contributed by atoms with E-state index in [1.807, 2.05) is 11.8 Å². The Morgan fingerprint density at radius 3 is 2.94 bits per heavy atom. The normalized spacial score (nSPS) is 19.6. The lowest BCUT2D eigenvalue weighted by Crippen LogP contribution is -2.48. The molecule has 1 atom stereocenters. The number of primary amides is 1. The van der Waals surface area contributed by atoms with Crippen molar-refractivity contribution >= 4 is 18.0 Å². The SMILES string of the molecule is Cc1cc(C=O)cnc1N1CCCCC1C(N)=O. The second kappa shape index (κ2) is 5.16. The minimum absolute atomic E-state index is 0.285. The highest BCUT2D eigenvalue weighted by atomic mass is 16.1. The van der Waals surface area contributed by atoms with Crippen LogP contribution in [0.5, 0.6) is 0 Å². The van der Waals surface area contributed by atoms with Crippen molar-refractivity contribution in [1.82, 2.24) is 4.98 Å². The molecule has 2 N–H and O–H groups in total. The molecule has 1 aliphatic heterocycles. The third-order valence-corrected chi connectivity index (χ3v) is 3.31. The molecule has 1 aliphatic rings. The van der Waals surface area contributed by atoms with Gasteiger partial charge in [-0.15, -0.1) is 0 Å². The Morgan fingerprint density at radius 1 is 1.56 bits per heavy atom. The Labute approximate surface area is 106 Å². The van der Waals surface area contributed by atoms with Crippen LogP contribution in [0.2, 0.25) is 0 Å². The maximum Gasteiger partial charge on any atom is 0.240 e. The van der Waals surface area contributed by atoms with E-state index in [0.29, 0.717) is 5.56 Å². The third kappa shape index (κ3) is 2.34. The van der Waals surface area contributed by atoms with Gasteiger partial charge in [-0.05, 0) is 37.8 Å². The molecule has 2 heterocycles. The number of amides is 1. The first-order valence-electron chi connectivity index (χ1n) is 6.11. The van der Waals surface area contributed by atoms with Gasteiger partial charge in [0, 0.05) is 18.3 Å². The van der Waals surface area contributed by atoms with Gasteiger partial charge in [-0.1, -0.05) is 0 Å². The highest BCUT2D eigenvalue weighted by molar-refractivity contribution is 5.84. The number of aromatic nitrogens is 1. The van der Waals surface area contributed by atoms with Crippen LogP contribution in [0.4, 0.5) is 5.82 Å². The van der Waals surface area contributed by atoms with E-state index in [2.05, 4.69) is 4.98 Å². The Balaban J connectivity index is 2.33. The van der Waals surface area contributed by atoms with Gasteiger partial charge in [-0.3, -0.25) is 9.59 Å². The number of aldehydes is 1. The van der Waals surface area contributed by atoms with Gasteiger partial charge in [0.25, 0.3) is 0 Å². The minimum Gasteiger partial charge on any atom is -0.368 e. The van der Waals surface area contributed by atoms with Crippen LogP contribution in [0, 0.1) is 6.92 Å². The van der Waals surface area contributed by atoms with Crippen molar-refractivity contribution < 1.29 is 9.59 Å². The number of pyridine rings is 1. The van der Waals surface area contributed by atoms with Gasteiger partial charge in [-0.25, -0.2) is 4.98 Å².